The number of aryl methyl sites for hydroxylation is 1. The topological polar surface area (TPSA) is 43.8 Å². The molecule has 0 spiro atoms. The first-order valence-corrected chi connectivity index (χ1v) is 8.12. The maximum absolute atomic E-state index is 6.22. The Morgan fingerprint density at radius 1 is 1.42 bits per heavy atom. The zero-order valence-corrected chi connectivity index (χ0v) is 13.7. The van der Waals surface area contributed by atoms with Gasteiger partial charge in [-0.1, -0.05) is 27.5 Å². The van der Waals surface area contributed by atoms with Crippen LogP contribution in [0.3, 0.4) is 0 Å². The number of nitrogens with two attached hydrogens (primary N) is 1. The molecule has 0 aliphatic heterocycles. The highest BCUT2D eigenvalue weighted by Gasteiger charge is 2.16. The molecule has 1 heterocycles. The minimum absolute atomic E-state index is 0.122. The standard InChI is InChI=1S/C13H15BrClN3S/c1-2-18-13(11(15)7-17-18)12(16)8-19-10-5-3-9(14)4-6-10/h3-7,12H,2,8,16H2,1H3. The highest BCUT2D eigenvalue weighted by atomic mass is 79.9. The lowest BCUT2D eigenvalue weighted by Crippen LogP contribution is -2.18. The molecule has 0 amide bonds. The van der Waals surface area contributed by atoms with E-state index in [0.29, 0.717) is 5.02 Å². The molecular weight excluding hydrogens is 346 g/mol. The van der Waals surface area contributed by atoms with E-state index < -0.39 is 0 Å². The Hall–Kier alpha value is -0.490. The van der Waals surface area contributed by atoms with E-state index in [2.05, 4.69) is 33.2 Å². The summed E-state index contributed by atoms with van der Waals surface area (Å²) in [5.74, 6) is 0.771. The van der Waals surface area contributed by atoms with Gasteiger partial charge in [0.25, 0.3) is 0 Å². The molecule has 6 heteroatoms. The average Bonchev–Trinajstić information content (AvgIpc) is 2.79. The molecule has 0 aliphatic carbocycles. The summed E-state index contributed by atoms with van der Waals surface area (Å²) in [4.78, 5) is 1.19. The van der Waals surface area contributed by atoms with Gasteiger partial charge in [0.1, 0.15) is 0 Å². The van der Waals surface area contributed by atoms with Crippen LogP contribution in [0.2, 0.25) is 5.02 Å². The van der Waals surface area contributed by atoms with E-state index in [0.717, 1.165) is 22.5 Å². The summed E-state index contributed by atoms with van der Waals surface area (Å²) in [7, 11) is 0. The molecule has 0 aliphatic rings. The third-order valence-electron chi connectivity index (χ3n) is 2.73. The molecule has 0 bridgehead atoms. The van der Waals surface area contributed by atoms with Crippen molar-refractivity contribution in [1.82, 2.24) is 9.78 Å². The number of halogens is 2. The molecule has 1 unspecified atom stereocenters. The van der Waals surface area contributed by atoms with E-state index in [9.17, 15) is 0 Å². The molecule has 2 aromatic rings. The van der Waals surface area contributed by atoms with Crippen molar-refractivity contribution >= 4 is 39.3 Å². The van der Waals surface area contributed by atoms with Crippen LogP contribution in [-0.2, 0) is 6.54 Å². The Labute approximate surface area is 130 Å². The van der Waals surface area contributed by atoms with Crippen LogP contribution >= 0.6 is 39.3 Å². The van der Waals surface area contributed by atoms with Crippen molar-refractivity contribution in [2.45, 2.75) is 24.4 Å². The number of nitrogens with zero attached hydrogens (tertiary/aromatic N) is 2. The van der Waals surface area contributed by atoms with E-state index in [1.807, 2.05) is 23.7 Å². The van der Waals surface area contributed by atoms with Gasteiger partial charge in [0.2, 0.25) is 0 Å². The van der Waals surface area contributed by atoms with Crippen LogP contribution in [0, 0.1) is 0 Å². The minimum atomic E-state index is -0.122. The predicted octanol–water partition coefficient (Wildman–Crippen LogP) is 4.11. The lowest BCUT2D eigenvalue weighted by molar-refractivity contribution is 0.593. The molecular formula is C13H15BrClN3S. The van der Waals surface area contributed by atoms with Gasteiger partial charge in [0, 0.05) is 21.7 Å². The number of aromatic nitrogens is 2. The molecule has 1 atom stereocenters. The Bertz CT molecular complexity index is 541. The third kappa shape index (κ3) is 3.75. The van der Waals surface area contributed by atoms with E-state index >= 15 is 0 Å². The number of hydrogen-bond donors (Lipinski definition) is 1. The maximum Gasteiger partial charge on any atom is 0.0834 e. The van der Waals surface area contributed by atoms with Crippen molar-refractivity contribution < 1.29 is 0 Å². The van der Waals surface area contributed by atoms with Gasteiger partial charge in [0.15, 0.2) is 0 Å². The zero-order valence-electron chi connectivity index (χ0n) is 10.5. The zero-order chi connectivity index (χ0) is 13.8. The van der Waals surface area contributed by atoms with E-state index in [1.54, 1.807) is 18.0 Å². The van der Waals surface area contributed by atoms with Gasteiger partial charge in [-0.25, -0.2) is 0 Å². The normalized spacial score (nSPS) is 12.6. The highest BCUT2D eigenvalue weighted by Crippen LogP contribution is 2.28. The van der Waals surface area contributed by atoms with Gasteiger partial charge in [-0.2, -0.15) is 5.10 Å². The summed E-state index contributed by atoms with van der Waals surface area (Å²) in [6, 6.07) is 8.07. The van der Waals surface area contributed by atoms with Crippen LogP contribution in [0.5, 0.6) is 0 Å². The van der Waals surface area contributed by atoms with Gasteiger partial charge in [0.05, 0.1) is 23.0 Å². The monoisotopic (exact) mass is 359 g/mol. The van der Waals surface area contributed by atoms with Crippen LogP contribution in [0.25, 0.3) is 0 Å². The lowest BCUT2D eigenvalue weighted by Gasteiger charge is -2.13. The van der Waals surface area contributed by atoms with Crippen molar-refractivity contribution in [3.63, 3.8) is 0 Å². The molecule has 1 aromatic carbocycles. The quantitative estimate of drug-likeness (QED) is 0.816. The molecule has 0 fully saturated rings. The summed E-state index contributed by atoms with van der Waals surface area (Å²) in [6.07, 6.45) is 1.66. The van der Waals surface area contributed by atoms with Crippen LogP contribution < -0.4 is 5.73 Å². The fourth-order valence-corrected chi connectivity index (χ4v) is 3.19. The fraction of sp³-hybridized carbons (Fsp3) is 0.308. The van der Waals surface area contributed by atoms with Crippen molar-refractivity contribution in [2.75, 3.05) is 5.75 Å². The van der Waals surface area contributed by atoms with Gasteiger partial charge in [-0.05, 0) is 31.2 Å². The fourth-order valence-electron chi connectivity index (χ4n) is 1.79. The largest absolute Gasteiger partial charge is 0.322 e. The minimum Gasteiger partial charge on any atom is -0.322 e. The molecule has 3 nitrogen and oxygen atoms in total. The van der Waals surface area contributed by atoms with Crippen LogP contribution in [0.15, 0.2) is 39.8 Å². The highest BCUT2D eigenvalue weighted by molar-refractivity contribution is 9.10. The number of benzene rings is 1. The Kier molecular flexibility index (Phi) is 5.33. The van der Waals surface area contributed by atoms with Crippen molar-refractivity contribution in [3.05, 3.63) is 45.7 Å². The maximum atomic E-state index is 6.22. The Morgan fingerprint density at radius 2 is 2.11 bits per heavy atom. The summed E-state index contributed by atoms with van der Waals surface area (Å²) < 4.78 is 2.93. The third-order valence-corrected chi connectivity index (χ3v) is 4.68. The van der Waals surface area contributed by atoms with Crippen molar-refractivity contribution in [3.8, 4) is 0 Å². The summed E-state index contributed by atoms with van der Waals surface area (Å²) in [5, 5.41) is 4.86. The molecule has 19 heavy (non-hydrogen) atoms. The Balaban J connectivity index is 2.03. The van der Waals surface area contributed by atoms with E-state index in [4.69, 9.17) is 17.3 Å². The second kappa shape index (κ2) is 6.79. The SMILES string of the molecule is CCn1ncc(Cl)c1C(N)CSc1ccc(Br)cc1. The first-order valence-electron chi connectivity index (χ1n) is 5.97. The summed E-state index contributed by atoms with van der Waals surface area (Å²) in [5.41, 5.74) is 7.13. The van der Waals surface area contributed by atoms with Crippen molar-refractivity contribution in [2.24, 2.45) is 5.73 Å². The predicted molar refractivity (Wildman–Crippen MR) is 84.7 cm³/mol. The van der Waals surface area contributed by atoms with Crippen molar-refractivity contribution in [1.29, 1.82) is 0 Å². The first kappa shape index (κ1) is 14.9. The van der Waals surface area contributed by atoms with Gasteiger partial charge in [-0.15, -0.1) is 11.8 Å². The number of thioether (sulfide) groups is 1. The van der Waals surface area contributed by atoms with Gasteiger partial charge >= 0.3 is 0 Å². The first-order chi connectivity index (χ1) is 9.11. The molecule has 1 aromatic heterocycles. The number of hydrogen-bond acceptors (Lipinski definition) is 3. The molecule has 0 saturated carbocycles. The van der Waals surface area contributed by atoms with Crippen LogP contribution in [0.4, 0.5) is 0 Å². The molecule has 2 rings (SSSR count). The lowest BCUT2D eigenvalue weighted by atomic mass is 10.2. The number of rotatable bonds is 5. The van der Waals surface area contributed by atoms with Gasteiger partial charge < -0.3 is 5.73 Å². The van der Waals surface area contributed by atoms with Crippen LogP contribution in [-0.4, -0.2) is 15.5 Å². The van der Waals surface area contributed by atoms with E-state index in [1.165, 1.54) is 4.90 Å². The smallest absolute Gasteiger partial charge is 0.0834 e. The summed E-state index contributed by atoms with van der Waals surface area (Å²) in [6.45, 7) is 2.81. The molecule has 0 radical (unpaired) electrons. The molecule has 102 valence electrons. The van der Waals surface area contributed by atoms with Crippen LogP contribution in [0.1, 0.15) is 18.7 Å². The molecule has 0 saturated heterocycles. The Morgan fingerprint density at radius 3 is 2.74 bits per heavy atom. The second-order valence-corrected chi connectivity index (χ2v) is 6.48. The average molecular weight is 361 g/mol. The summed E-state index contributed by atoms with van der Waals surface area (Å²) >= 11 is 11.3. The van der Waals surface area contributed by atoms with E-state index in [-0.39, 0.29) is 6.04 Å². The second-order valence-electron chi connectivity index (χ2n) is 4.06. The molecule has 2 N–H and O–H groups in total. The van der Waals surface area contributed by atoms with Gasteiger partial charge in [-0.3, -0.25) is 4.68 Å².